The Bertz CT molecular complexity index is 693. The molecule has 1 N–H and O–H groups in total. The van der Waals surface area contributed by atoms with E-state index in [1.807, 2.05) is 19.2 Å². The van der Waals surface area contributed by atoms with E-state index < -0.39 is 0 Å². The van der Waals surface area contributed by atoms with Gasteiger partial charge >= 0.3 is 0 Å². The molecule has 1 aromatic heterocycles. The third-order valence-corrected chi connectivity index (χ3v) is 4.58. The molecule has 0 aliphatic carbocycles. The van der Waals surface area contributed by atoms with Gasteiger partial charge in [-0.1, -0.05) is 44.2 Å². The average molecular weight is 326 g/mol. The predicted molar refractivity (Wildman–Crippen MR) is 94.9 cm³/mol. The number of likely N-dealkylation sites (tertiary alicyclic amines) is 1. The van der Waals surface area contributed by atoms with Gasteiger partial charge in [0.05, 0.1) is 5.69 Å². The monoisotopic (exact) mass is 326 g/mol. The van der Waals surface area contributed by atoms with Crippen LogP contribution < -0.4 is 5.32 Å². The highest BCUT2D eigenvalue weighted by molar-refractivity contribution is 5.92. The van der Waals surface area contributed by atoms with Gasteiger partial charge in [-0.2, -0.15) is 5.10 Å². The minimum Gasteiger partial charge on any atom is -0.347 e. The van der Waals surface area contributed by atoms with E-state index in [1.165, 1.54) is 5.56 Å². The lowest BCUT2D eigenvalue weighted by atomic mass is 10.1. The summed E-state index contributed by atoms with van der Waals surface area (Å²) in [5.41, 5.74) is 2.91. The molecule has 5 nitrogen and oxygen atoms in total. The van der Waals surface area contributed by atoms with Gasteiger partial charge < -0.3 is 5.32 Å². The third kappa shape index (κ3) is 3.85. The van der Waals surface area contributed by atoms with Crippen molar-refractivity contribution in [1.29, 1.82) is 0 Å². The second-order valence-corrected chi connectivity index (χ2v) is 6.91. The molecule has 1 amide bonds. The maximum atomic E-state index is 12.5. The Kier molecular flexibility index (Phi) is 5.00. The molecule has 1 aromatic carbocycles. The van der Waals surface area contributed by atoms with Crippen LogP contribution in [0, 0.1) is 0 Å². The van der Waals surface area contributed by atoms with Crippen LogP contribution in [0.5, 0.6) is 0 Å². The molecule has 1 unspecified atom stereocenters. The summed E-state index contributed by atoms with van der Waals surface area (Å²) in [5.74, 6) is 0.300. The number of aromatic nitrogens is 2. The molecular weight excluding hydrogens is 300 g/mol. The predicted octanol–water partition coefficient (Wildman–Crippen LogP) is 2.55. The number of hydrogen-bond donors (Lipinski definition) is 1. The molecule has 5 heteroatoms. The zero-order valence-electron chi connectivity index (χ0n) is 14.7. The number of aryl methyl sites for hydroxylation is 1. The summed E-state index contributed by atoms with van der Waals surface area (Å²) < 4.78 is 1.68. The molecule has 1 atom stereocenters. The van der Waals surface area contributed by atoms with Crippen molar-refractivity contribution in [2.45, 2.75) is 38.8 Å². The summed E-state index contributed by atoms with van der Waals surface area (Å²) in [7, 11) is 1.83. The summed E-state index contributed by atoms with van der Waals surface area (Å²) >= 11 is 0. The van der Waals surface area contributed by atoms with Crippen molar-refractivity contribution in [3.05, 3.63) is 53.3 Å². The first kappa shape index (κ1) is 16.7. The van der Waals surface area contributed by atoms with E-state index >= 15 is 0 Å². The molecule has 0 bridgehead atoms. The lowest BCUT2D eigenvalue weighted by Gasteiger charge is -2.16. The van der Waals surface area contributed by atoms with Gasteiger partial charge in [0.1, 0.15) is 5.69 Å². The highest BCUT2D eigenvalue weighted by Crippen LogP contribution is 2.16. The molecule has 1 aliphatic heterocycles. The lowest BCUT2D eigenvalue weighted by molar-refractivity contribution is 0.0928. The largest absolute Gasteiger partial charge is 0.347 e. The maximum Gasteiger partial charge on any atom is 0.269 e. The number of nitrogens with one attached hydrogen (secondary N) is 1. The van der Waals surface area contributed by atoms with E-state index in [4.69, 9.17) is 0 Å². The van der Waals surface area contributed by atoms with E-state index in [2.05, 4.69) is 53.4 Å². The van der Waals surface area contributed by atoms with Crippen molar-refractivity contribution in [2.24, 2.45) is 7.05 Å². The second kappa shape index (κ2) is 7.18. The first-order chi connectivity index (χ1) is 11.5. The fraction of sp³-hybridized carbons (Fsp3) is 0.474. The molecule has 2 heterocycles. The molecule has 128 valence electrons. The molecule has 0 saturated carbocycles. The topological polar surface area (TPSA) is 50.2 Å². The number of hydrogen-bond acceptors (Lipinski definition) is 3. The van der Waals surface area contributed by atoms with E-state index in [9.17, 15) is 4.79 Å². The van der Waals surface area contributed by atoms with E-state index in [0.29, 0.717) is 11.6 Å². The van der Waals surface area contributed by atoms with Crippen LogP contribution in [0.25, 0.3) is 0 Å². The number of carbonyl (C=O) groups excluding carboxylic acids is 1. The molecule has 1 aliphatic rings. The van der Waals surface area contributed by atoms with Crippen LogP contribution in [0.4, 0.5) is 0 Å². The van der Waals surface area contributed by atoms with Crippen LogP contribution in [0.1, 0.15) is 47.9 Å². The van der Waals surface area contributed by atoms with Gasteiger partial charge in [-0.3, -0.25) is 14.4 Å². The van der Waals surface area contributed by atoms with Gasteiger partial charge in [0.2, 0.25) is 0 Å². The van der Waals surface area contributed by atoms with Crippen LogP contribution in [-0.4, -0.2) is 39.7 Å². The van der Waals surface area contributed by atoms with Crippen LogP contribution >= 0.6 is 0 Å². The Hall–Kier alpha value is -2.14. The minimum atomic E-state index is -0.0246. The fourth-order valence-corrected chi connectivity index (χ4v) is 3.18. The summed E-state index contributed by atoms with van der Waals surface area (Å²) in [6.45, 7) is 7.03. The van der Waals surface area contributed by atoms with Gasteiger partial charge in [0.25, 0.3) is 5.91 Å². The molecular formula is C19H26N4O. The van der Waals surface area contributed by atoms with Gasteiger partial charge in [0, 0.05) is 32.7 Å². The molecule has 0 spiro atoms. The van der Waals surface area contributed by atoms with Crippen molar-refractivity contribution in [2.75, 3.05) is 13.1 Å². The first-order valence-electron chi connectivity index (χ1n) is 8.64. The Labute approximate surface area is 143 Å². The van der Waals surface area contributed by atoms with Crippen molar-refractivity contribution in [3.63, 3.8) is 0 Å². The van der Waals surface area contributed by atoms with Crippen molar-refractivity contribution < 1.29 is 4.79 Å². The van der Waals surface area contributed by atoms with Gasteiger partial charge in [-0.25, -0.2) is 0 Å². The van der Waals surface area contributed by atoms with Gasteiger partial charge in [-0.05, 0) is 24.0 Å². The quantitative estimate of drug-likeness (QED) is 0.919. The fourth-order valence-electron chi connectivity index (χ4n) is 3.18. The summed E-state index contributed by atoms with van der Waals surface area (Å²) in [4.78, 5) is 14.9. The number of nitrogens with zero attached hydrogens (tertiary/aromatic N) is 3. The Morgan fingerprint density at radius 1 is 1.33 bits per heavy atom. The van der Waals surface area contributed by atoms with Crippen molar-refractivity contribution >= 4 is 5.91 Å². The van der Waals surface area contributed by atoms with Crippen molar-refractivity contribution in [1.82, 2.24) is 20.0 Å². The molecule has 1 saturated heterocycles. The Morgan fingerprint density at radius 2 is 2.08 bits per heavy atom. The van der Waals surface area contributed by atoms with Crippen LogP contribution in [0.15, 0.2) is 36.4 Å². The molecule has 24 heavy (non-hydrogen) atoms. The first-order valence-corrected chi connectivity index (χ1v) is 8.64. The number of amides is 1. The lowest BCUT2D eigenvalue weighted by Crippen LogP contribution is -2.37. The van der Waals surface area contributed by atoms with E-state index in [1.54, 1.807) is 4.68 Å². The molecule has 0 radical (unpaired) electrons. The highest BCUT2D eigenvalue weighted by Gasteiger charge is 2.25. The summed E-state index contributed by atoms with van der Waals surface area (Å²) in [6, 6.07) is 12.6. The third-order valence-electron chi connectivity index (χ3n) is 4.58. The molecule has 3 rings (SSSR count). The van der Waals surface area contributed by atoms with Gasteiger partial charge in [-0.15, -0.1) is 0 Å². The van der Waals surface area contributed by atoms with E-state index in [0.717, 1.165) is 31.7 Å². The number of carbonyl (C=O) groups is 1. The van der Waals surface area contributed by atoms with Crippen LogP contribution in [0.3, 0.4) is 0 Å². The summed E-state index contributed by atoms with van der Waals surface area (Å²) in [6.07, 6.45) is 0.994. The number of rotatable bonds is 5. The molecule has 2 aromatic rings. The standard InChI is InChI=1S/C19H26N4O/c1-14(2)17-11-18(22(3)21-17)19(24)20-16-9-10-23(13-16)12-15-7-5-4-6-8-15/h4-8,11,14,16H,9-10,12-13H2,1-3H3,(H,20,24). The zero-order valence-corrected chi connectivity index (χ0v) is 14.7. The maximum absolute atomic E-state index is 12.5. The average Bonchev–Trinajstić information content (AvgIpc) is 3.15. The second-order valence-electron chi connectivity index (χ2n) is 6.91. The van der Waals surface area contributed by atoms with Crippen molar-refractivity contribution in [3.8, 4) is 0 Å². The summed E-state index contributed by atoms with van der Waals surface area (Å²) in [5, 5.41) is 7.58. The number of benzene rings is 1. The smallest absolute Gasteiger partial charge is 0.269 e. The Morgan fingerprint density at radius 3 is 2.75 bits per heavy atom. The Balaban J connectivity index is 1.56. The van der Waals surface area contributed by atoms with Crippen LogP contribution in [-0.2, 0) is 13.6 Å². The zero-order chi connectivity index (χ0) is 17.1. The van der Waals surface area contributed by atoms with Crippen LogP contribution in [0.2, 0.25) is 0 Å². The van der Waals surface area contributed by atoms with Gasteiger partial charge in [0.15, 0.2) is 0 Å². The highest BCUT2D eigenvalue weighted by atomic mass is 16.2. The molecule has 1 fully saturated rings. The van der Waals surface area contributed by atoms with E-state index in [-0.39, 0.29) is 11.9 Å². The SMILES string of the molecule is CC(C)c1cc(C(=O)NC2CCN(Cc3ccccc3)C2)n(C)n1. The minimum absolute atomic E-state index is 0.0246. The normalized spacial score (nSPS) is 18.2.